The van der Waals surface area contributed by atoms with Crippen molar-refractivity contribution >= 4 is 27.5 Å². The van der Waals surface area contributed by atoms with Crippen molar-refractivity contribution in [1.82, 2.24) is 9.78 Å². The van der Waals surface area contributed by atoms with Crippen molar-refractivity contribution < 1.29 is 9.50 Å². The molecule has 3 nitrogen and oxygen atoms in total. The van der Waals surface area contributed by atoms with E-state index in [2.05, 4.69) is 21.0 Å². The molecule has 1 N–H and O–H groups in total. The zero-order valence-corrected chi connectivity index (χ0v) is 11.9. The minimum atomic E-state index is -1.02. The van der Waals surface area contributed by atoms with E-state index in [1.807, 2.05) is 6.92 Å². The molecule has 2 aromatic rings. The van der Waals surface area contributed by atoms with Crippen molar-refractivity contribution in [3.05, 3.63) is 51.0 Å². The number of aryl methyl sites for hydroxylation is 1. The highest BCUT2D eigenvalue weighted by atomic mass is 79.9. The van der Waals surface area contributed by atoms with E-state index in [4.69, 9.17) is 11.6 Å². The second-order valence-corrected chi connectivity index (χ2v) is 4.97. The Bertz CT molecular complexity index is 573. The summed E-state index contributed by atoms with van der Waals surface area (Å²) in [5, 5.41) is 14.4. The van der Waals surface area contributed by atoms with Gasteiger partial charge in [-0.05, 0) is 28.9 Å². The van der Waals surface area contributed by atoms with Crippen LogP contribution in [-0.2, 0) is 6.54 Å². The van der Waals surface area contributed by atoms with Gasteiger partial charge in [0.05, 0.1) is 21.4 Å². The van der Waals surface area contributed by atoms with E-state index < -0.39 is 11.9 Å². The van der Waals surface area contributed by atoms with Gasteiger partial charge < -0.3 is 5.11 Å². The highest BCUT2D eigenvalue weighted by Crippen LogP contribution is 2.33. The Morgan fingerprint density at radius 3 is 2.94 bits per heavy atom. The number of rotatable bonds is 3. The first-order chi connectivity index (χ1) is 8.56. The molecule has 0 aliphatic rings. The topological polar surface area (TPSA) is 38.0 Å². The van der Waals surface area contributed by atoms with E-state index in [1.54, 1.807) is 16.9 Å². The van der Waals surface area contributed by atoms with Crippen LogP contribution in [0, 0.1) is 5.82 Å². The quantitative estimate of drug-likeness (QED) is 0.933. The number of aliphatic hydroxyl groups excluding tert-OH is 1. The second-order valence-electron chi connectivity index (χ2n) is 3.74. The summed E-state index contributed by atoms with van der Waals surface area (Å²) in [6.07, 6.45) is 0.569. The van der Waals surface area contributed by atoms with E-state index in [9.17, 15) is 9.50 Å². The fourth-order valence-corrected chi connectivity index (χ4v) is 2.52. The summed E-state index contributed by atoms with van der Waals surface area (Å²) in [5.41, 5.74) is 0.887. The molecule has 18 heavy (non-hydrogen) atoms. The summed E-state index contributed by atoms with van der Waals surface area (Å²) in [7, 11) is 0. The van der Waals surface area contributed by atoms with Crippen molar-refractivity contribution in [3.63, 3.8) is 0 Å². The van der Waals surface area contributed by atoms with Crippen LogP contribution in [0.1, 0.15) is 24.3 Å². The Morgan fingerprint density at radius 2 is 2.28 bits per heavy atom. The van der Waals surface area contributed by atoms with Gasteiger partial charge in [-0.3, -0.25) is 4.68 Å². The number of aliphatic hydroxyl groups is 1. The van der Waals surface area contributed by atoms with Crippen LogP contribution in [0.25, 0.3) is 0 Å². The summed E-state index contributed by atoms with van der Waals surface area (Å²) in [6, 6.07) is 4.36. The van der Waals surface area contributed by atoms with Crippen LogP contribution >= 0.6 is 27.5 Å². The van der Waals surface area contributed by atoms with E-state index in [1.165, 1.54) is 12.1 Å². The first kappa shape index (κ1) is 13.5. The molecule has 0 fully saturated rings. The molecule has 0 aliphatic carbocycles. The van der Waals surface area contributed by atoms with Gasteiger partial charge in [0.15, 0.2) is 0 Å². The highest BCUT2D eigenvalue weighted by Gasteiger charge is 2.22. The van der Waals surface area contributed by atoms with Crippen LogP contribution in [0.3, 0.4) is 0 Å². The largest absolute Gasteiger partial charge is 0.382 e. The van der Waals surface area contributed by atoms with Crippen LogP contribution in [0.4, 0.5) is 4.39 Å². The van der Waals surface area contributed by atoms with Gasteiger partial charge in [-0.25, -0.2) is 4.39 Å². The Kier molecular flexibility index (Phi) is 4.04. The third-order valence-electron chi connectivity index (χ3n) is 2.67. The molecule has 96 valence electrons. The molecule has 0 saturated heterocycles. The van der Waals surface area contributed by atoms with Crippen LogP contribution in [-0.4, -0.2) is 14.9 Å². The van der Waals surface area contributed by atoms with E-state index >= 15 is 0 Å². The molecule has 1 aromatic heterocycles. The van der Waals surface area contributed by atoms with Gasteiger partial charge in [-0.15, -0.1) is 0 Å². The lowest BCUT2D eigenvalue weighted by Crippen LogP contribution is -2.10. The first-order valence-corrected chi connectivity index (χ1v) is 6.56. The number of hydrogen-bond acceptors (Lipinski definition) is 2. The highest BCUT2D eigenvalue weighted by molar-refractivity contribution is 9.10. The lowest BCUT2D eigenvalue weighted by molar-refractivity contribution is 0.207. The Balaban J connectivity index is 2.51. The van der Waals surface area contributed by atoms with Gasteiger partial charge in [0.2, 0.25) is 0 Å². The predicted molar refractivity (Wildman–Crippen MR) is 71.1 cm³/mol. The molecule has 0 spiro atoms. The molecular weight excluding hydrogens is 322 g/mol. The molecule has 1 atom stereocenters. The van der Waals surface area contributed by atoms with Crippen molar-refractivity contribution in [3.8, 4) is 0 Å². The summed E-state index contributed by atoms with van der Waals surface area (Å²) in [5.74, 6) is -0.549. The fourth-order valence-electron chi connectivity index (χ4n) is 1.77. The maximum absolute atomic E-state index is 13.4. The molecular formula is C12H11BrClFN2O. The first-order valence-electron chi connectivity index (χ1n) is 5.39. The lowest BCUT2D eigenvalue weighted by Gasteiger charge is -2.15. The summed E-state index contributed by atoms with van der Waals surface area (Å²) >= 11 is 9.19. The molecule has 0 aliphatic heterocycles. The van der Waals surface area contributed by atoms with E-state index in [-0.39, 0.29) is 5.02 Å². The molecule has 0 saturated carbocycles. The van der Waals surface area contributed by atoms with Gasteiger partial charge in [0, 0.05) is 12.1 Å². The number of nitrogens with zero attached hydrogens (tertiary/aromatic N) is 2. The SMILES string of the molecule is CCn1ncc(Br)c1C(O)c1cccc(F)c1Cl. The standard InChI is InChI=1S/C12H11BrClFN2O/c1-2-17-11(8(13)6-16-17)12(18)7-4-3-5-9(15)10(7)14/h3-6,12,18H,2H2,1H3. The maximum Gasteiger partial charge on any atom is 0.142 e. The lowest BCUT2D eigenvalue weighted by atomic mass is 10.1. The minimum Gasteiger partial charge on any atom is -0.382 e. The minimum absolute atomic E-state index is 0.0687. The third kappa shape index (κ3) is 2.30. The molecule has 1 heterocycles. The van der Waals surface area contributed by atoms with Crippen LogP contribution in [0.5, 0.6) is 0 Å². The van der Waals surface area contributed by atoms with Gasteiger partial charge in [-0.2, -0.15) is 5.10 Å². The summed E-state index contributed by atoms with van der Waals surface area (Å²) in [4.78, 5) is 0. The van der Waals surface area contributed by atoms with Gasteiger partial charge >= 0.3 is 0 Å². The average molecular weight is 334 g/mol. The zero-order chi connectivity index (χ0) is 13.3. The van der Waals surface area contributed by atoms with Crippen molar-refractivity contribution in [2.24, 2.45) is 0 Å². The fraction of sp³-hybridized carbons (Fsp3) is 0.250. The number of benzene rings is 1. The molecule has 6 heteroatoms. The normalized spacial score (nSPS) is 12.7. The van der Waals surface area contributed by atoms with Gasteiger partial charge in [0.1, 0.15) is 11.9 Å². The monoisotopic (exact) mass is 332 g/mol. The smallest absolute Gasteiger partial charge is 0.142 e. The van der Waals surface area contributed by atoms with Gasteiger partial charge in [-0.1, -0.05) is 23.7 Å². The molecule has 1 unspecified atom stereocenters. The molecule has 0 radical (unpaired) electrons. The summed E-state index contributed by atoms with van der Waals surface area (Å²) < 4.78 is 15.7. The second kappa shape index (κ2) is 5.38. The molecule has 0 amide bonds. The predicted octanol–water partition coefficient (Wildman–Crippen LogP) is 3.54. The van der Waals surface area contributed by atoms with Crippen molar-refractivity contribution in [2.75, 3.05) is 0 Å². The number of halogens is 3. The van der Waals surface area contributed by atoms with Crippen molar-refractivity contribution in [2.45, 2.75) is 19.6 Å². The van der Waals surface area contributed by atoms with Crippen LogP contribution < -0.4 is 0 Å². The third-order valence-corrected chi connectivity index (χ3v) is 3.68. The zero-order valence-electron chi connectivity index (χ0n) is 9.57. The van der Waals surface area contributed by atoms with E-state index in [0.717, 1.165) is 0 Å². The Morgan fingerprint density at radius 1 is 1.56 bits per heavy atom. The van der Waals surface area contributed by atoms with Crippen LogP contribution in [0.15, 0.2) is 28.9 Å². The summed E-state index contributed by atoms with van der Waals surface area (Å²) in [6.45, 7) is 2.51. The Hall–Kier alpha value is -0.910. The average Bonchev–Trinajstić information content (AvgIpc) is 2.73. The van der Waals surface area contributed by atoms with Crippen molar-refractivity contribution in [1.29, 1.82) is 0 Å². The maximum atomic E-state index is 13.4. The molecule has 0 bridgehead atoms. The van der Waals surface area contributed by atoms with Gasteiger partial charge in [0.25, 0.3) is 0 Å². The number of hydrogen-bond donors (Lipinski definition) is 1. The molecule has 1 aromatic carbocycles. The number of aromatic nitrogens is 2. The molecule has 2 rings (SSSR count). The van der Waals surface area contributed by atoms with Crippen LogP contribution in [0.2, 0.25) is 5.02 Å². The van der Waals surface area contributed by atoms with E-state index in [0.29, 0.717) is 22.3 Å². The Labute approximate surface area is 117 Å².